The van der Waals surface area contributed by atoms with Crippen molar-refractivity contribution in [3.8, 4) is 34.9 Å². The molecule has 4 aromatic heterocycles. The zero-order valence-electron chi connectivity index (χ0n) is 33.2. The van der Waals surface area contributed by atoms with Gasteiger partial charge >= 0.3 is 0 Å². The SMILES string of the molecule is N#Cc1cc(-n2c3ccccc3c3cc4c(cc32)c2ccccc2n4-c2ccccc2)c(C#N)c(-n2c3ccccc3c3cc4c(cc32)c2ccccc2n4-c2ccccc2)c1. The lowest BCUT2D eigenvalue weighted by Crippen LogP contribution is -2.05. The molecule has 0 radical (unpaired) electrons. The third-order valence-electron chi connectivity index (χ3n) is 12.8. The van der Waals surface area contributed by atoms with E-state index in [-0.39, 0.29) is 0 Å². The molecule has 0 aliphatic heterocycles. The third-order valence-corrected chi connectivity index (χ3v) is 12.8. The Labute approximate surface area is 354 Å². The van der Waals surface area contributed by atoms with E-state index in [1.165, 1.54) is 0 Å². The van der Waals surface area contributed by atoms with Gasteiger partial charge in [-0.15, -0.1) is 0 Å². The zero-order valence-corrected chi connectivity index (χ0v) is 33.2. The van der Waals surface area contributed by atoms with Crippen LogP contribution in [0, 0.1) is 22.7 Å². The van der Waals surface area contributed by atoms with Crippen molar-refractivity contribution in [2.45, 2.75) is 0 Å². The maximum Gasteiger partial charge on any atom is 0.104 e. The molecule has 0 bridgehead atoms. The van der Waals surface area contributed by atoms with Gasteiger partial charge in [0.2, 0.25) is 0 Å². The zero-order chi connectivity index (χ0) is 41.1. The number of nitriles is 2. The molecule has 0 unspecified atom stereocenters. The van der Waals surface area contributed by atoms with Crippen LogP contribution in [0.3, 0.4) is 0 Å². The standard InChI is InChI=1S/C56H32N6/c57-33-35-27-51(61-49-25-13-9-21-40(49)44-29-53-42(31-55(44)61)38-19-7-11-23-47(38)59(53)36-15-3-1-4-16-36)46(34-58)52(28-35)62-50-26-14-10-22-41(50)45-30-54-43(32-56(45)62)39-20-8-12-24-48(39)60(54)37-17-5-2-6-18-37/h1-32H. The Morgan fingerprint density at radius 3 is 0.919 bits per heavy atom. The van der Waals surface area contributed by atoms with Crippen molar-refractivity contribution in [2.24, 2.45) is 0 Å². The van der Waals surface area contributed by atoms with Gasteiger partial charge in [-0.25, -0.2) is 0 Å². The molecule has 0 saturated heterocycles. The molecule has 0 atom stereocenters. The minimum atomic E-state index is 0.467. The van der Waals surface area contributed by atoms with Crippen molar-refractivity contribution >= 4 is 87.2 Å². The highest BCUT2D eigenvalue weighted by Gasteiger charge is 2.25. The average molecular weight is 789 g/mol. The maximum atomic E-state index is 11.5. The summed E-state index contributed by atoms with van der Waals surface area (Å²) in [4.78, 5) is 0. The van der Waals surface area contributed by atoms with E-state index in [1.807, 2.05) is 36.4 Å². The third kappa shape index (κ3) is 4.61. The van der Waals surface area contributed by atoms with Gasteiger partial charge in [0.15, 0.2) is 0 Å². The summed E-state index contributed by atoms with van der Waals surface area (Å²) in [5.74, 6) is 0. The van der Waals surface area contributed by atoms with Crippen LogP contribution < -0.4 is 0 Å². The van der Waals surface area contributed by atoms with Crippen molar-refractivity contribution in [1.82, 2.24) is 18.3 Å². The molecule has 13 aromatic rings. The maximum absolute atomic E-state index is 11.5. The molecular formula is C56H32N6. The Bertz CT molecular complexity index is 3860. The van der Waals surface area contributed by atoms with Crippen molar-refractivity contribution in [1.29, 1.82) is 10.5 Å². The summed E-state index contributed by atoms with van der Waals surface area (Å²) < 4.78 is 9.06. The van der Waals surface area contributed by atoms with E-state index in [4.69, 9.17) is 0 Å². The molecular weight excluding hydrogens is 757 g/mol. The Hall–Kier alpha value is -8.84. The molecule has 286 valence electrons. The summed E-state index contributed by atoms with van der Waals surface area (Å²) >= 11 is 0. The summed E-state index contributed by atoms with van der Waals surface area (Å²) in [7, 11) is 0. The first kappa shape index (κ1) is 34.1. The van der Waals surface area contributed by atoms with Crippen LogP contribution in [0.1, 0.15) is 11.1 Å². The molecule has 0 aliphatic carbocycles. The summed E-state index contributed by atoms with van der Waals surface area (Å²) in [6.07, 6.45) is 0. The summed E-state index contributed by atoms with van der Waals surface area (Å²) in [6.45, 7) is 0. The van der Waals surface area contributed by atoms with E-state index in [0.29, 0.717) is 22.5 Å². The van der Waals surface area contributed by atoms with E-state index in [1.54, 1.807) is 0 Å². The molecule has 4 heterocycles. The molecule has 0 N–H and O–H groups in total. The number of benzene rings is 9. The Morgan fingerprint density at radius 2 is 0.581 bits per heavy atom. The summed E-state index contributed by atoms with van der Waals surface area (Å²) in [6, 6.07) is 72.9. The van der Waals surface area contributed by atoms with E-state index in [2.05, 4.69) is 188 Å². The summed E-state index contributed by atoms with van der Waals surface area (Å²) in [5, 5.41) is 31.0. The van der Waals surface area contributed by atoms with E-state index < -0.39 is 0 Å². The molecule has 0 fully saturated rings. The minimum Gasteiger partial charge on any atom is -0.309 e. The van der Waals surface area contributed by atoms with E-state index >= 15 is 0 Å². The Balaban J connectivity index is 1.14. The van der Waals surface area contributed by atoms with Gasteiger partial charge in [0.05, 0.1) is 67.1 Å². The molecule has 13 rings (SSSR count). The molecule has 0 amide bonds. The second kappa shape index (κ2) is 12.8. The van der Waals surface area contributed by atoms with Crippen LogP contribution in [0.15, 0.2) is 194 Å². The number of hydrogen-bond donors (Lipinski definition) is 0. The highest BCUT2D eigenvalue weighted by molar-refractivity contribution is 6.21. The second-order valence-electron chi connectivity index (χ2n) is 16.0. The van der Waals surface area contributed by atoms with Gasteiger partial charge in [-0.05, 0) is 84.9 Å². The van der Waals surface area contributed by atoms with Gasteiger partial charge in [0.25, 0.3) is 0 Å². The fourth-order valence-corrected chi connectivity index (χ4v) is 10.2. The fraction of sp³-hybridized carbons (Fsp3) is 0. The van der Waals surface area contributed by atoms with Gasteiger partial charge < -0.3 is 18.3 Å². The van der Waals surface area contributed by atoms with Crippen LogP contribution >= 0.6 is 0 Å². The number of rotatable bonds is 4. The van der Waals surface area contributed by atoms with Crippen LogP contribution in [0.4, 0.5) is 0 Å². The van der Waals surface area contributed by atoms with Gasteiger partial charge in [-0.3, -0.25) is 0 Å². The lowest BCUT2D eigenvalue weighted by molar-refractivity contribution is 1.11. The highest BCUT2D eigenvalue weighted by Crippen LogP contribution is 2.43. The predicted octanol–water partition coefficient (Wildman–Crippen LogP) is 13.8. The van der Waals surface area contributed by atoms with Gasteiger partial charge in [-0.1, -0.05) is 109 Å². The van der Waals surface area contributed by atoms with Gasteiger partial charge in [0, 0.05) is 54.5 Å². The first-order valence-corrected chi connectivity index (χ1v) is 20.7. The van der Waals surface area contributed by atoms with E-state index in [0.717, 1.165) is 98.6 Å². The Kier molecular flexibility index (Phi) is 7.05. The predicted molar refractivity (Wildman–Crippen MR) is 253 cm³/mol. The topological polar surface area (TPSA) is 67.3 Å². The number of aromatic nitrogens is 4. The van der Waals surface area contributed by atoms with Crippen molar-refractivity contribution in [3.05, 3.63) is 205 Å². The normalized spacial score (nSPS) is 11.8. The number of hydrogen-bond acceptors (Lipinski definition) is 2. The van der Waals surface area contributed by atoms with Crippen molar-refractivity contribution in [3.63, 3.8) is 0 Å². The van der Waals surface area contributed by atoms with E-state index in [9.17, 15) is 10.5 Å². The molecule has 9 aromatic carbocycles. The van der Waals surface area contributed by atoms with Gasteiger partial charge in [-0.2, -0.15) is 10.5 Å². The Morgan fingerprint density at radius 1 is 0.274 bits per heavy atom. The number of para-hydroxylation sites is 6. The quantitative estimate of drug-likeness (QED) is 0.178. The largest absolute Gasteiger partial charge is 0.309 e. The molecule has 6 heteroatoms. The van der Waals surface area contributed by atoms with Crippen LogP contribution in [0.2, 0.25) is 0 Å². The molecule has 0 spiro atoms. The molecule has 6 nitrogen and oxygen atoms in total. The molecule has 0 saturated carbocycles. The van der Waals surface area contributed by atoms with Crippen LogP contribution in [0.25, 0.3) is 110 Å². The minimum absolute atomic E-state index is 0.467. The second-order valence-corrected chi connectivity index (χ2v) is 16.0. The lowest BCUT2D eigenvalue weighted by Gasteiger charge is -2.17. The summed E-state index contributed by atoms with van der Waals surface area (Å²) in [5.41, 5.74) is 12.7. The van der Waals surface area contributed by atoms with Crippen LogP contribution in [-0.4, -0.2) is 18.3 Å². The lowest BCUT2D eigenvalue weighted by atomic mass is 10.1. The molecule has 0 aliphatic rings. The van der Waals surface area contributed by atoms with Crippen molar-refractivity contribution < 1.29 is 0 Å². The fourth-order valence-electron chi connectivity index (χ4n) is 10.2. The average Bonchev–Trinajstić information content (AvgIpc) is 4.04. The number of fused-ring (bicyclic) bond motifs is 12. The monoisotopic (exact) mass is 788 g/mol. The first-order chi connectivity index (χ1) is 30.7. The highest BCUT2D eigenvalue weighted by atomic mass is 15.0. The number of nitrogens with zero attached hydrogens (tertiary/aromatic N) is 6. The molecule has 62 heavy (non-hydrogen) atoms. The first-order valence-electron chi connectivity index (χ1n) is 20.7. The van der Waals surface area contributed by atoms with Crippen molar-refractivity contribution in [2.75, 3.05) is 0 Å². The van der Waals surface area contributed by atoms with Gasteiger partial charge in [0.1, 0.15) is 11.6 Å². The smallest absolute Gasteiger partial charge is 0.104 e. The van der Waals surface area contributed by atoms with Crippen LogP contribution in [0.5, 0.6) is 0 Å². The van der Waals surface area contributed by atoms with Crippen LogP contribution in [-0.2, 0) is 0 Å².